The van der Waals surface area contributed by atoms with Gasteiger partial charge in [0.2, 0.25) is 0 Å². The molecule has 0 spiro atoms. The Hall–Kier alpha value is -2.40. The van der Waals surface area contributed by atoms with Gasteiger partial charge in [0.1, 0.15) is 5.75 Å². The molecule has 0 fully saturated rings. The first-order chi connectivity index (χ1) is 11.6. The Morgan fingerprint density at radius 1 is 1.12 bits per heavy atom. The van der Waals surface area contributed by atoms with Crippen molar-refractivity contribution in [1.29, 1.82) is 0 Å². The molecule has 0 heterocycles. The smallest absolute Gasteiger partial charge is 0.264 e. The number of ether oxygens (including phenoxy) is 1. The molecule has 5 heteroatoms. The number of carbonyl (C=O) groups excluding carboxylic acids is 1. The Morgan fingerprint density at radius 3 is 2.42 bits per heavy atom. The minimum atomic E-state index is -0.285. The van der Waals surface area contributed by atoms with Gasteiger partial charge in [-0.05, 0) is 48.8 Å². The lowest BCUT2D eigenvalue weighted by Gasteiger charge is -2.16. The normalized spacial score (nSPS) is 11.4. The summed E-state index contributed by atoms with van der Waals surface area (Å²) in [5, 5.41) is 6.01. The van der Waals surface area contributed by atoms with E-state index in [1.807, 2.05) is 61.5 Å². The summed E-state index contributed by atoms with van der Waals surface area (Å²) in [5.41, 5.74) is 2.33. The third-order valence-electron chi connectivity index (χ3n) is 3.60. The number of aryl methyl sites for hydroxylation is 1. The second kappa shape index (κ2) is 9.03. The highest BCUT2D eigenvalue weighted by atomic mass is 32.1. The van der Waals surface area contributed by atoms with Gasteiger partial charge < -0.3 is 15.4 Å². The van der Waals surface area contributed by atoms with E-state index in [1.165, 1.54) is 5.56 Å². The van der Waals surface area contributed by atoms with E-state index in [-0.39, 0.29) is 18.6 Å². The van der Waals surface area contributed by atoms with Gasteiger partial charge in [-0.1, -0.05) is 49.4 Å². The second-order valence-electron chi connectivity index (χ2n) is 5.44. The van der Waals surface area contributed by atoms with Gasteiger partial charge in [-0.25, -0.2) is 0 Å². The van der Waals surface area contributed by atoms with Crippen molar-refractivity contribution >= 4 is 23.2 Å². The van der Waals surface area contributed by atoms with Crippen LogP contribution in [0.4, 0.5) is 0 Å². The molecule has 1 atom stereocenters. The fourth-order valence-electron chi connectivity index (χ4n) is 2.19. The molecule has 0 aromatic heterocycles. The average Bonchev–Trinajstić information content (AvgIpc) is 2.61. The molecule has 2 N–H and O–H groups in total. The topological polar surface area (TPSA) is 50.4 Å². The van der Waals surface area contributed by atoms with Crippen molar-refractivity contribution in [1.82, 2.24) is 10.6 Å². The molecule has 0 bridgehead atoms. The average molecular weight is 342 g/mol. The summed E-state index contributed by atoms with van der Waals surface area (Å²) < 4.78 is 5.46. The number of carbonyl (C=O) groups is 1. The molecule has 0 aliphatic carbocycles. The van der Waals surface area contributed by atoms with Crippen LogP contribution >= 0.6 is 12.2 Å². The van der Waals surface area contributed by atoms with Crippen molar-refractivity contribution in [3.8, 4) is 5.75 Å². The van der Waals surface area contributed by atoms with E-state index in [0.29, 0.717) is 10.9 Å². The van der Waals surface area contributed by atoms with E-state index in [9.17, 15) is 4.79 Å². The summed E-state index contributed by atoms with van der Waals surface area (Å²) in [5.74, 6) is 0.381. The highest BCUT2D eigenvalue weighted by molar-refractivity contribution is 7.80. The van der Waals surface area contributed by atoms with Crippen LogP contribution in [0.1, 0.15) is 31.0 Å². The summed E-state index contributed by atoms with van der Waals surface area (Å²) in [7, 11) is 0. The SMILES string of the molecule is CCc1ccc(OCC(=O)NC(=S)NC(C)c2ccccc2)cc1. The molecule has 126 valence electrons. The number of amides is 1. The number of hydrogen-bond donors (Lipinski definition) is 2. The monoisotopic (exact) mass is 342 g/mol. The van der Waals surface area contributed by atoms with Crippen LogP contribution in [0.2, 0.25) is 0 Å². The van der Waals surface area contributed by atoms with Gasteiger partial charge in [0.05, 0.1) is 6.04 Å². The van der Waals surface area contributed by atoms with Crippen LogP contribution < -0.4 is 15.4 Å². The van der Waals surface area contributed by atoms with Crippen LogP contribution in [0, 0.1) is 0 Å². The van der Waals surface area contributed by atoms with E-state index >= 15 is 0 Å². The lowest BCUT2D eigenvalue weighted by molar-refractivity contribution is -0.121. The van der Waals surface area contributed by atoms with Crippen LogP contribution in [-0.2, 0) is 11.2 Å². The third kappa shape index (κ3) is 5.66. The minimum Gasteiger partial charge on any atom is -0.484 e. The highest BCUT2D eigenvalue weighted by Gasteiger charge is 2.09. The predicted octanol–water partition coefficient (Wildman–Crippen LogP) is 3.38. The number of thiocarbonyl (C=S) groups is 1. The van der Waals surface area contributed by atoms with Crippen molar-refractivity contribution < 1.29 is 9.53 Å². The summed E-state index contributed by atoms with van der Waals surface area (Å²) in [4.78, 5) is 11.9. The molecular formula is C19H22N2O2S. The maximum Gasteiger partial charge on any atom is 0.264 e. The Kier molecular flexibility index (Phi) is 6.75. The highest BCUT2D eigenvalue weighted by Crippen LogP contribution is 2.12. The Morgan fingerprint density at radius 2 is 1.79 bits per heavy atom. The quantitative estimate of drug-likeness (QED) is 0.790. The van der Waals surface area contributed by atoms with Gasteiger partial charge in [-0.2, -0.15) is 0 Å². The number of hydrogen-bond acceptors (Lipinski definition) is 3. The van der Waals surface area contributed by atoms with Gasteiger partial charge in [0.15, 0.2) is 11.7 Å². The van der Waals surface area contributed by atoms with Crippen LogP contribution in [0.15, 0.2) is 54.6 Å². The Bertz CT molecular complexity index is 672. The van der Waals surface area contributed by atoms with Gasteiger partial charge >= 0.3 is 0 Å². The Balaban J connectivity index is 1.76. The molecular weight excluding hydrogens is 320 g/mol. The number of rotatable bonds is 6. The van der Waals surface area contributed by atoms with Crippen LogP contribution in [0.5, 0.6) is 5.75 Å². The maximum atomic E-state index is 11.9. The first kappa shape index (κ1) is 17.9. The zero-order valence-corrected chi connectivity index (χ0v) is 14.7. The van der Waals surface area contributed by atoms with Gasteiger partial charge in [0.25, 0.3) is 5.91 Å². The standard InChI is InChI=1S/C19H22N2O2S/c1-3-15-9-11-17(12-10-15)23-13-18(22)21-19(24)20-14(2)16-7-5-4-6-8-16/h4-12,14H,3,13H2,1-2H3,(H2,20,21,22,24). The van der Waals surface area contributed by atoms with Gasteiger partial charge in [-0.15, -0.1) is 0 Å². The zero-order chi connectivity index (χ0) is 17.4. The fourth-order valence-corrected chi connectivity index (χ4v) is 2.48. The van der Waals surface area contributed by atoms with Crippen LogP contribution in [0.3, 0.4) is 0 Å². The van der Waals surface area contributed by atoms with E-state index in [4.69, 9.17) is 17.0 Å². The molecule has 1 amide bonds. The summed E-state index contributed by atoms with van der Waals surface area (Å²) >= 11 is 5.17. The summed E-state index contributed by atoms with van der Waals surface area (Å²) in [6.45, 7) is 4.00. The molecule has 2 aromatic carbocycles. The predicted molar refractivity (Wildman–Crippen MR) is 100 cm³/mol. The molecule has 0 radical (unpaired) electrons. The van der Waals surface area contributed by atoms with Crippen molar-refractivity contribution in [3.63, 3.8) is 0 Å². The molecule has 0 saturated heterocycles. The molecule has 24 heavy (non-hydrogen) atoms. The van der Waals surface area contributed by atoms with E-state index in [0.717, 1.165) is 12.0 Å². The van der Waals surface area contributed by atoms with Crippen molar-refractivity contribution in [2.75, 3.05) is 6.61 Å². The maximum absolute atomic E-state index is 11.9. The second-order valence-corrected chi connectivity index (χ2v) is 5.85. The number of nitrogens with one attached hydrogen (secondary N) is 2. The Labute approximate surface area is 148 Å². The van der Waals surface area contributed by atoms with Crippen LogP contribution in [0.25, 0.3) is 0 Å². The largest absolute Gasteiger partial charge is 0.484 e. The van der Waals surface area contributed by atoms with E-state index in [2.05, 4.69) is 17.6 Å². The molecule has 2 aromatic rings. The molecule has 1 unspecified atom stereocenters. The van der Waals surface area contributed by atoms with E-state index < -0.39 is 0 Å². The lowest BCUT2D eigenvalue weighted by atomic mass is 10.1. The van der Waals surface area contributed by atoms with Crippen molar-refractivity contribution in [3.05, 3.63) is 65.7 Å². The first-order valence-corrected chi connectivity index (χ1v) is 8.36. The molecule has 4 nitrogen and oxygen atoms in total. The zero-order valence-electron chi connectivity index (χ0n) is 13.9. The summed E-state index contributed by atoms with van der Waals surface area (Å²) in [6.07, 6.45) is 0.973. The van der Waals surface area contributed by atoms with Gasteiger partial charge in [-0.3, -0.25) is 4.79 Å². The van der Waals surface area contributed by atoms with E-state index in [1.54, 1.807) is 0 Å². The molecule has 0 aliphatic heterocycles. The minimum absolute atomic E-state index is 0.0153. The van der Waals surface area contributed by atoms with Crippen molar-refractivity contribution in [2.24, 2.45) is 0 Å². The molecule has 2 rings (SSSR count). The number of benzene rings is 2. The third-order valence-corrected chi connectivity index (χ3v) is 3.82. The lowest BCUT2D eigenvalue weighted by Crippen LogP contribution is -2.42. The summed E-state index contributed by atoms with van der Waals surface area (Å²) in [6, 6.07) is 17.6. The van der Waals surface area contributed by atoms with Gasteiger partial charge in [0, 0.05) is 0 Å². The molecule has 0 aliphatic rings. The van der Waals surface area contributed by atoms with Crippen LogP contribution in [-0.4, -0.2) is 17.6 Å². The fraction of sp³-hybridized carbons (Fsp3) is 0.263. The van der Waals surface area contributed by atoms with Crippen molar-refractivity contribution in [2.45, 2.75) is 26.3 Å². The molecule has 0 saturated carbocycles. The first-order valence-electron chi connectivity index (χ1n) is 7.95.